The fraction of sp³-hybridized carbons (Fsp3) is 0.210. The van der Waals surface area contributed by atoms with E-state index in [-0.39, 0.29) is 5.92 Å². The fourth-order valence-electron chi connectivity index (χ4n) is 10.9. The second-order valence-corrected chi connectivity index (χ2v) is 24.3. The van der Waals surface area contributed by atoms with Gasteiger partial charge in [0.15, 0.2) is 11.2 Å². The molecule has 0 aliphatic carbocycles. The monoisotopic (exact) mass is 1370 g/mol. The molecule has 4 nitrogen and oxygen atoms in total. The van der Waals surface area contributed by atoms with Gasteiger partial charge in [0, 0.05) is 46.9 Å². The van der Waals surface area contributed by atoms with Crippen LogP contribution in [0.15, 0.2) is 157 Å². The van der Waals surface area contributed by atoms with Crippen LogP contribution in [0.3, 0.4) is 0 Å². The van der Waals surface area contributed by atoms with Crippen molar-refractivity contribution in [3.63, 3.8) is 0 Å². The van der Waals surface area contributed by atoms with Crippen molar-refractivity contribution in [2.45, 2.75) is 72.1 Å². The van der Waals surface area contributed by atoms with E-state index >= 15 is 0 Å². The van der Waals surface area contributed by atoms with Crippen LogP contribution in [-0.2, 0) is 0 Å². The molecule has 0 fully saturated rings. The first-order valence-corrected chi connectivity index (χ1v) is 30.8. The maximum absolute atomic E-state index is 7.16. The Morgan fingerprint density at radius 3 is 1.51 bits per heavy atom. The van der Waals surface area contributed by atoms with Crippen LogP contribution >= 0.6 is 88.5 Å². The van der Waals surface area contributed by atoms with Crippen molar-refractivity contribution >= 4 is 197 Å². The number of alkyl halides is 2. The third-order valence-electron chi connectivity index (χ3n) is 14.2. The van der Waals surface area contributed by atoms with Gasteiger partial charge >= 0.3 is 0 Å². The van der Waals surface area contributed by atoms with Crippen molar-refractivity contribution in [1.29, 1.82) is 0 Å². The molecule has 1 unspecified atom stereocenters. The fourth-order valence-corrected chi connectivity index (χ4v) is 15.2. The number of hydrogen-bond acceptors (Lipinski definition) is 4. The van der Waals surface area contributed by atoms with E-state index in [0.29, 0.717) is 17.8 Å². The molecule has 0 radical (unpaired) electrons. The zero-order chi connectivity index (χ0) is 48.5. The molecule has 11 rings (SSSR count). The molecular weight excluding hydrogens is 1310 g/mol. The van der Waals surface area contributed by atoms with Gasteiger partial charge in [-0.15, -0.1) is 0 Å². The summed E-state index contributed by atoms with van der Waals surface area (Å²) in [5.41, 5.74) is 14.5. The van der Waals surface area contributed by atoms with Crippen LogP contribution in [0.25, 0.3) is 76.2 Å². The Balaban J connectivity index is 1.27. The molecule has 0 saturated heterocycles. The van der Waals surface area contributed by atoms with E-state index < -0.39 is 20.7 Å². The van der Waals surface area contributed by atoms with Gasteiger partial charge in [-0.05, 0) is 112 Å². The van der Waals surface area contributed by atoms with Crippen LogP contribution in [0.5, 0.6) is 0 Å². The maximum Gasteiger partial charge on any atom is 0.159 e. The molecule has 0 bridgehead atoms. The Bertz CT molecular complexity index is 3840. The molecule has 70 heavy (non-hydrogen) atoms. The molecule has 0 aliphatic heterocycles. The van der Waals surface area contributed by atoms with E-state index in [1.165, 1.54) is 69.3 Å². The lowest BCUT2D eigenvalue weighted by molar-refractivity contribution is 0.657. The molecule has 0 aliphatic rings. The van der Waals surface area contributed by atoms with Crippen LogP contribution in [0.4, 0.5) is 28.4 Å². The molecule has 0 N–H and O–H groups in total. The third-order valence-corrected chi connectivity index (χ3v) is 21.7. The highest BCUT2D eigenvalue weighted by molar-refractivity contribution is 14.2. The van der Waals surface area contributed by atoms with E-state index in [0.717, 1.165) is 70.1 Å². The molecule has 0 spiro atoms. The first-order chi connectivity index (χ1) is 34.0. The minimum Gasteiger partial charge on any atom is -0.454 e. The molecule has 2 heterocycles. The number of para-hydroxylation sites is 5. The summed E-state index contributed by atoms with van der Waals surface area (Å²) in [6, 6.07) is 52.3. The van der Waals surface area contributed by atoms with Gasteiger partial charge in [-0.25, -0.2) is 0 Å². The highest BCUT2D eigenvalue weighted by atomic mass is 127. The SMILES string of the molecule is CC(C)c1cc(N(c2ccccc2)c2cccc3c2oc2c(C(C)C)cccc23)c2ccc3c(C(C)CI)cc(N(C(CI)=I/C=C\I)c4cccc5c4oc4c(C(C)C)cccc45)c4ccc1c2c34. The standard InChI is InChI=1S/C62H54I4N2O2/c1-35(2)40-17-11-19-44-46-21-13-23-52(61(46)69-59(40)44)67(39-15-9-8-10-16-39)54-31-50(37(5)6)42-25-27-49-55(32-51(38(7)33-64)43-26-28-48(54)57(42)58(43)49)68(56(34-65)66-30-29-63)53-24-14-22-47-45-20-12-18-41(36(3)4)60(45)70-62(47)53/h8-32,35-38H,33-34H2,1-7H3/b30-29-. The van der Waals surface area contributed by atoms with Crippen molar-refractivity contribution in [1.82, 2.24) is 0 Å². The number of rotatable bonds is 13. The number of fused-ring (bicyclic) bond motifs is 6. The molecule has 2 aromatic heterocycles. The molecule has 1 atom stereocenters. The third kappa shape index (κ3) is 7.94. The topological polar surface area (TPSA) is 32.8 Å². The number of nitrogens with zero attached hydrogens (tertiary/aromatic N) is 2. The maximum atomic E-state index is 7.16. The summed E-state index contributed by atoms with van der Waals surface area (Å²) >= 11 is 7.10. The van der Waals surface area contributed by atoms with Gasteiger partial charge in [0.1, 0.15) is 11.2 Å². The largest absolute Gasteiger partial charge is 0.454 e. The Morgan fingerprint density at radius 2 is 0.971 bits per heavy atom. The second kappa shape index (κ2) is 19.6. The van der Waals surface area contributed by atoms with E-state index in [1.54, 1.807) is 0 Å². The van der Waals surface area contributed by atoms with Crippen molar-refractivity contribution < 1.29 is 8.83 Å². The summed E-state index contributed by atoms with van der Waals surface area (Å²) in [6.45, 7) is 16.1. The van der Waals surface area contributed by atoms with E-state index in [9.17, 15) is 0 Å². The first-order valence-electron chi connectivity index (χ1n) is 24.2. The average Bonchev–Trinajstić information content (AvgIpc) is 3.96. The molecule has 11 aromatic rings. The summed E-state index contributed by atoms with van der Waals surface area (Å²) in [4.78, 5) is 5.08. The van der Waals surface area contributed by atoms with Crippen LogP contribution in [-0.4, -0.2) is 12.5 Å². The number of hydrogen-bond donors (Lipinski definition) is 0. The number of benzene rings is 9. The molecular formula is C62H54I4N2O2. The summed E-state index contributed by atoms with van der Waals surface area (Å²) in [7, 11) is 0. The van der Waals surface area contributed by atoms with Gasteiger partial charge in [-0.2, -0.15) is 0 Å². The van der Waals surface area contributed by atoms with Crippen LogP contribution in [0.1, 0.15) is 94.4 Å². The first kappa shape index (κ1) is 48.0. The smallest absolute Gasteiger partial charge is 0.159 e. The lowest BCUT2D eigenvalue weighted by Crippen LogP contribution is -2.26. The van der Waals surface area contributed by atoms with Crippen molar-refractivity contribution in [2.24, 2.45) is 0 Å². The van der Waals surface area contributed by atoms with Gasteiger partial charge in [-0.3, -0.25) is 0 Å². The average molecular weight is 1370 g/mol. The lowest BCUT2D eigenvalue weighted by Gasteiger charge is -2.32. The number of halogens is 4. The van der Waals surface area contributed by atoms with Crippen molar-refractivity contribution in [3.8, 4) is 0 Å². The second-order valence-electron chi connectivity index (χ2n) is 19.4. The zero-order valence-corrected chi connectivity index (χ0v) is 49.0. The molecule has 9 aromatic carbocycles. The van der Waals surface area contributed by atoms with Gasteiger partial charge in [0.05, 0.1) is 26.4 Å². The van der Waals surface area contributed by atoms with Crippen molar-refractivity contribution in [3.05, 3.63) is 170 Å². The highest BCUT2D eigenvalue weighted by Gasteiger charge is 2.30. The molecule has 8 heteroatoms. The number of furan rings is 2. The minimum absolute atomic E-state index is 0.255. The quantitative estimate of drug-likeness (QED) is 0.0654. The Kier molecular flexibility index (Phi) is 13.5. The summed E-state index contributed by atoms with van der Waals surface area (Å²) in [5.74, 6) is 1.21. The van der Waals surface area contributed by atoms with Gasteiger partial charge in [0.2, 0.25) is 0 Å². The van der Waals surface area contributed by atoms with E-state index in [4.69, 9.17) is 8.83 Å². The Labute approximate surface area is 461 Å². The highest BCUT2D eigenvalue weighted by Crippen LogP contribution is 2.52. The number of anilines is 5. The van der Waals surface area contributed by atoms with Crippen molar-refractivity contribution in [2.75, 3.05) is 18.7 Å². The van der Waals surface area contributed by atoms with Gasteiger partial charge in [-0.1, -0.05) is 240 Å². The van der Waals surface area contributed by atoms with E-state index in [2.05, 4.69) is 274 Å². The lowest BCUT2D eigenvalue weighted by atomic mass is 9.84. The van der Waals surface area contributed by atoms with Gasteiger partial charge < -0.3 is 18.6 Å². The van der Waals surface area contributed by atoms with Crippen LogP contribution < -0.4 is 9.80 Å². The van der Waals surface area contributed by atoms with E-state index in [1.807, 2.05) is 0 Å². The summed E-state index contributed by atoms with van der Waals surface area (Å²) in [6.07, 6.45) is 0. The normalized spacial score (nSPS) is 13.3. The Morgan fingerprint density at radius 1 is 0.486 bits per heavy atom. The molecule has 352 valence electrons. The van der Waals surface area contributed by atoms with Gasteiger partial charge in [0.25, 0.3) is 0 Å². The van der Waals surface area contributed by atoms with Crippen LogP contribution in [0.2, 0.25) is 0 Å². The zero-order valence-electron chi connectivity index (χ0n) is 40.4. The predicted octanol–water partition coefficient (Wildman–Crippen LogP) is 21.3. The summed E-state index contributed by atoms with van der Waals surface area (Å²) in [5, 5.41) is 12.3. The summed E-state index contributed by atoms with van der Waals surface area (Å²) < 4.78 is 22.2. The molecule has 0 saturated carbocycles. The minimum atomic E-state index is -0.488. The predicted molar refractivity (Wildman–Crippen MR) is 339 cm³/mol. The molecule has 0 amide bonds. The Hall–Kier alpha value is -4.25. The van der Waals surface area contributed by atoms with Crippen LogP contribution in [0, 0.1) is 0 Å².